The van der Waals surface area contributed by atoms with E-state index in [2.05, 4.69) is 266 Å². The van der Waals surface area contributed by atoms with Gasteiger partial charge in [-0.1, -0.05) is 224 Å². The molecule has 0 spiro atoms. The molecular formula is C64H43N. The Balaban J connectivity index is 1.01. The second-order valence-corrected chi connectivity index (χ2v) is 16.8. The van der Waals surface area contributed by atoms with Crippen molar-refractivity contribution in [3.8, 4) is 55.6 Å². The van der Waals surface area contributed by atoms with Gasteiger partial charge in [0, 0.05) is 16.9 Å². The lowest BCUT2D eigenvalue weighted by atomic mass is 9.84. The van der Waals surface area contributed by atoms with E-state index in [0.29, 0.717) is 0 Å². The van der Waals surface area contributed by atoms with Gasteiger partial charge < -0.3 is 4.90 Å². The Morgan fingerprint density at radius 3 is 1.45 bits per heavy atom. The molecule has 0 heterocycles. The van der Waals surface area contributed by atoms with Crippen LogP contribution in [0.3, 0.4) is 0 Å². The molecule has 12 aromatic rings. The van der Waals surface area contributed by atoms with Crippen LogP contribution < -0.4 is 4.90 Å². The quantitative estimate of drug-likeness (QED) is 0.138. The molecule has 0 atom stereocenters. The highest BCUT2D eigenvalue weighted by Crippen LogP contribution is 2.48. The zero-order valence-electron chi connectivity index (χ0n) is 35.8. The van der Waals surface area contributed by atoms with Gasteiger partial charge in [-0.05, 0) is 130 Å². The lowest BCUT2D eigenvalue weighted by Crippen LogP contribution is -2.11. The van der Waals surface area contributed by atoms with Crippen LogP contribution in [0.5, 0.6) is 0 Å². The summed E-state index contributed by atoms with van der Waals surface area (Å²) in [5.74, 6) is 0. The summed E-state index contributed by atoms with van der Waals surface area (Å²) in [5, 5.41) is 9.93. The summed E-state index contributed by atoms with van der Waals surface area (Å²) in [6.07, 6.45) is 0. The van der Waals surface area contributed by atoms with Crippen LogP contribution in [0.4, 0.5) is 17.1 Å². The Morgan fingerprint density at radius 2 is 0.708 bits per heavy atom. The first-order chi connectivity index (χ1) is 32.2. The zero-order chi connectivity index (χ0) is 43.1. The van der Waals surface area contributed by atoms with Crippen molar-refractivity contribution in [1.82, 2.24) is 0 Å². The monoisotopic (exact) mass is 825 g/mol. The molecule has 12 aromatic carbocycles. The third-order valence-corrected chi connectivity index (χ3v) is 13.0. The fraction of sp³-hybridized carbons (Fsp3) is 0. The van der Waals surface area contributed by atoms with Crippen molar-refractivity contribution in [2.24, 2.45) is 0 Å². The summed E-state index contributed by atoms with van der Waals surface area (Å²) < 4.78 is 0. The van der Waals surface area contributed by atoms with Crippen LogP contribution in [0.1, 0.15) is 0 Å². The number of anilines is 3. The molecule has 1 nitrogen and oxygen atoms in total. The van der Waals surface area contributed by atoms with Gasteiger partial charge in [0.1, 0.15) is 0 Å². The predicted octanol–water partition coefficient (Wildman–Crippen LogP) is 18.1. The molecule has 1 heteroatoms. The number of rotatable bonds is 8. The summed E-state index contributed by atoms with van der Waals surface area (Å²) in [6, 6.07) is 95.3. The Labute approximate surface area is 379 Å². The fourth-order valence-corrected chi connectivity index (χ4v) is 9.95. The Bertz CT molecular complexity index is 3680. The highest BCUT2D eigenvalue weighted by atomic mass is 15.1. The van der Waals surface area contributed by atoms with Gasteiger partial charge in [-0.25, -0.2) is 0 Å². The van der Waals surface area contributed by atoms with Crippen LogP contribution in [0.2, 0.25) is 0 Å². The normalized spacial score (nSPS) is 11.4. The van der Waals surface area contributed by atoms with E-state index >= 15 is 0 Å². The number of hydrogen-bond acceptors (Lipinski definition) is 1. The lowest BCUT2D eigenvalue weighted by Gasteiger charge is -2.28. The van der Waals surface area contributed by atoms with Crippen molar-refractivity contribution >= 4 is 60.2 Å². The molecule has 0 amide bonds. The first kappa shape index (κ1) is 38.2. The molecule has 12 rings (SSSR count). The Morgan fingerprint density at radius 1 is 0.215 bits per heavy atom. The maximum atomic E-state index is 2.43. The minimum absolute atomic E-state index is 1.09. The van der Waals surface area contributed by atoms with Crippen LogP contribution in [0, 0.1) is 0 Å². The highest BCUT2D eigenvalue weighted by molar-refractivity contribution is 6.22. The molecule has 0 saturated carbocycles. The number of fused-ring (bicyclic) bond motifs is 5. The molecule has 0 aliphatic heterocycles. The fourth-order valence-electron chi connectivity index (χ4n) is 9.95. The van der Waals surface area contributed by atoms with Gasteiger partial charge in [0.25, 0.3) is 0 Å². The van der Waals surface area contributed by atoms with Crippen LogP contribution in [0.15, 0.2) is 261 Å². The number of nitrogens with zero attached hydrogens (tertiary/aromatic N) is 1. The van der Waals surface area contributed by atoms with Gasteiger partial charge in [0.2, 0.25) is 0 Å². The molecule has 0 unspecified atom stereocenters. The second kappa shape index (κ2) is 16.3. The molecule has 65 heavy (non-hydrogen) atoms. The predicted molar refractivity (Wildman–Crippen MR) is 278 cm³/mol. The van der Waals surface area contributed by atoms with E-state index in [1.165, 1.54) is 87.6 Å². The van der Waals surface area contributed by atoms with E-state index in [1.54, 1.807) is 0 Å². The summed E-state index contributed by atoms with van der Waals surface area (Å²) in [6.45, 7) is 0. The molecule has 304 valence electrons. The number of benzene rings is 12. The molecule has 0 saturated heterocycles. The standard InChI is InChI=1S/C64H43N/c1-3-18-49(19-4-1)63-60-27-12-11-26-58(60)59-41-37-52(43-61(59)64(63)50-20-5-2-6-21-50)57-25-13-14-29-62(57)65(54-40-36-44-16-7-8-22-51(44)42-54)53-38-34-46(35-39-53)45-30-32-48(33-31-45)56-28-15-23-47-17-9-10-24-55(47)56/h1-43H. The highest BCUT2D eigenvalue weighted by Gasteiger charge is 2.21. The topological polar surface area (TPSA) is 3.24 Å². The smallest absolute Gasteiger partial charge is 0.0540 e. The Hall–Kier alpha value is -8.52. The van der Waals surface area contributed by atoms with Crippen molar-refractivity contribution in [2.75, 3.05) is 4.90 Å². The molecular weight excluding hydrogens is 783 g/mol. The van der Waals surface area contributed by atoms with Gasteiger partial charge in [-0.15, -0.1) is 0 Å². The van der Waals surface area contributed by atoms with Crippen molar-refractivity contribution in [3.05, 3.63) is 261 Å². The second-order valence-electron chi connectivity index (χ2n) is 16.8. The maximum Gasteiger partial charge on any atom is 0.0540 e. The van der Waals surface area contributed by atoms with E-state index in [1.807, 2.05) is 0 Å². The van der Waals surface area contributed by atoms with Crippen molar-refractivity contribution in [3.63, 3.8) is 0 Å². The van der Waals surface area contributed by atoms with E-state index in [9.17, 15) is 0 Å². The van der Waals surface area contributed by atoms with Crippen molar-refractivity contribution in [1.29, 1.82) is 0 Å². The summed E-state index contributed by atoms with van der Waals surface area (Å²) in [7, 11) is 0. The molecule has 0 N–H and O–H groups in total. The van der Waals surface area contributed by atoms with Gasteiger partial charge in [0.05, 0.1) is 5.69 Å². The summed E-state index contributed by atoms with van der Waals surface area (Å²) >= 11 is 0. The van der Waals surface area contributed by atoms with Gasteiger partial charge >= 0.3 is 0 Å². The van der Waals surface area contributed by atoms with E-state index in [0.717, 1.165) is 28.2 Å². The van der Waals surface area contributed by atoms with Crippen LogP contribution >= 0.6 is 0 Å². The SMILES string of the molecule is c1ccc(-c2c(-c3ccccc3)c3cc(-c4ccccc4N(c4ccc(-c5ccc(-c6cccc7ccccc67)cc5)cc4)c4ccc5ccccc5c4)ccc3c3ccccc23)cc1. The number of hydrogen-bond donors (Lipinski definition) is 0. The van der Waals surface area contributed by atoms with Gasteiger partial charge in [-0.2, -0.15) is 0 Å². The van der Waals surface area contributed by atoms with E-state index in [4.69, 9.17) is 0 Å². The van der Waals surface area contributed by atoms with Crippen LogP contribution in [-0.2, 0) is 0 Å². The minimum Gasteiger partial charge on any atom is -0.310 e. The van der Waals surface area contributed by atoms with Gasteiger partial charge in [0.15, 0.2) is 0 Å². The largest absolute Gasteiger partial charge is 0.310 e. The van der Waals surface area contributed by atoms with Crippen LogP contribution in [-0.4, -0.2) is 0 Å². The molecule has 0 radical (unpaired) electrons. The third kappa shape index (κ3) is 6.92. The molecule has 0 fully saturated rings. The average molecular weight is 826 g/mol. The summed E-state index contributed by atoms with van der Waals surface area (Å²) in [4.78, 5) is 2.42. The maximum absolute atomic E-state index is 2.43. The first-order valence-corrected chi connectivity index (χ1v) is 22.4. The first-order valence-electron chi connectivity index (χ1n) is 22.4. The average Bonchev–Trinajstić information content (AvgIpc) is 3.39. The molecule has 0 aromatic heterocycles. The third-order valence-electron chi connectivity index (χ3n) is 13.0. The molecule has 0 bridgehead atoms. The molecule has 0 aliphatic rings. The molecule has 0 aliphatic carbocycles. The van der Waals surface area contributed by atoms with E-state index in [-0.39, 0.29) is 0 Å². The zero-order valence-corrected chi connectivity index (χ0v) is 35.8. The number of para-hydroxylation sites is 1. The van der Waals surface area contributed by atoms with Crippen molar-refractivity contribution in [2.45, 2.75) is 0 Å². The summed E-state index contributed by atoms with van der Waals surface area (Å²) in [5.41, 5.74) is 15.4. The van der Waals surface area contributed by atoms with Crippen LogP contribution in [0.25, 0.3) is 98.7 Å². The Kier molecular flexibility index (Phi) is 9.58. The van der Waals surface area contributed by atoms with Crippen molar-refractivity contribution < 1.29 is 0 Å². The lowest BCUT2D eigenvalue weighted by molar-refractivity contribution is 1.29. The minimum atomic E-state index is 1.09. The van der Waals surface area contributed by atoms with E-state index < -0.39 is 0 Å². The van der Waals surface area contributed by atoms with Gasteiger partial charge in [-0.3, -0.25) is 0 Å².